The van der Waals surface area contributed by atoms with Crippen molar-refractivity contribution >= 4 is 29.9 Å². The summed E-state index contributed by atoms with van der Waals surface area (Å²) in [5, 5.41) is 8.96. The zero-order valence-corrected chi connectivity index (χ0v) is 13.4. The molecule has 11 heteroatoms. The number of nitrogens with zero attached hydrogens (tertiary/aromatic N) is 3. The monoisotopic (exact) mass is 347 g/mol. The van der Waals surface area contributed by atoms with E-state index in [0.29, 0.717) is 30.0 Å². The zero-order valence-electron chi connectivity index (χ0n) is 13.4. The molecule has 2 aromatic rings. The molecule has 0 saturated heterocycles. The van der Waals surface area contributed by atoms with Crippen molar-refractivity contribution in [3.63, 3.8) is 0 Å². The van der Waals surface area contributed by atoms with Gasteiger partial charge in [0.1, 0.15) is 17.8 Å². The summed E-state index contributed by atoms with van der Waals surface area (Å²) in [6, 6.07) is 1.13. The number of hydrogen-bond donors (Lipinski definition) is 4. The number of nitrogen functional groups attached to an aromatic ring is 1. The Labute approximate surface area is 142 Å². The standard InChI is InChI=1S/C13H14N6O3.CH3NO/c1-6(8-4-9(14)19-22-8)17-13(21)11-7-2-3-10(20)18-12(7)16-5-15-11;2-1-3/h4-6H,2-3H2,1H3,(H2,14,19)(H,17,21)(H,15,16,18,20);1H,(H2,2,3). The highest BCUT2D eigenvalue weighted by Gasteiger charge is 2.24. The molecule has 0 aromatic carbocycles. The summed E-state index contributed by atoms with van der Waals surface area (Å²) < 4.78 is 5.01. The molecule has 0 radical (unpaired) electrons. The van der Waals surface area contributed by atoms with E-state index in [9.17, 15) is 9.59 Å². The second kappa shape index (κ2) is 7.86. The topological polar surface area (TPSA) is 179 Å². The number of carbonyl (C=O) groups is 3. The number of fused-ring (bicyclic) bond motifs is 1. The molecule has 0 fully saturated rings. The average Bonchev–Trinajstić information content (AvgIpc) is 3.01. The van der Waals surface area contributed by atoms with Crippen LogP contribution >= 0.6 is 0 Å². The fourth-order valence-electron chi connectivity index (χ4n) is 2.23. The molecule has 3 rings (SSSR count). The highest BCUT2D eigenvalue weighted by molar-refractivity contribution is 5.99. The maximum atomic E-state index is 12.4. The Morgan fingerprint density at radius 2 is 2.16 bits per heavy atom. The molecule has 0 spiro atoms. The van der Waals surface area contributed by atoms with Gasteiger partial charge in [-0.15, -0.1) is 0 Å². The van der Waals surface area contributed by atoms with Gasteiger partial charge in [0.15, 0.2) is 11.6 Å². The molecule has 1 aliphatic heterocycles. The summed E-state index contributed by atoms with van der Waals surface area (Å²) in [4.78, 5) is 40.3. The van der Waals surface area contributed by atoms with Gasteiger partial charge in [0.25, 0.3) is 5.91 Å². The number of anilines is 2. The third-order valence-electron chi connectivity index (χ3n) is 3.34. The van der Waals surface area contributed by atoms with E-state index in [4.69, 9.17) is 15.1 Å². The van der Waals surface area contributed by atoms with E-state index in [-0.39, 0.29) is 29.7 Å². The number of aromatic nitrogens is 3. The molecule has 0 saturated carbocycles. The van der Waals surface area contributed by atoms with E-state index in [1.54, 1.807) is 13.0 Å². The number of amides is 3. The second-order valence-electron chi connectivity index (χ2n) is 5.08. The van der Waals surface area contributed by atoms with Crippen molar-refractivity contribution in [2.75, 3.05) is 11.1 Å². The molecular weight excluding hydrogens is 330 g/mol. The maximum absolute atomic E-state index is 12.4. The largest absolute Gasteiger partial charge is 0.381 e. The highest BCUT2D eigenvalue weighted by atomic mass is 16.5. The Kier molecular flexibility index (Phi) is 5.61. The summed E-state index contributed by atoms with van der Waals surface area (Å²) in [6.07, 6.45) is 2.22. The number of nitrogens with one attached hydrogen (secondary N) is 2. The van der Waals surface area contributed by atoms with Crippen molar-refractivity contribution in [3.05, 3.63) is 29.4 Å². The molecule has 3 heterocycles. The van der Waals surface area contributed by atoms with Crippen molar-refractivity contribution in [1.82, 2.24) is 20.4 Å². The van der Waals surface area contributed by atoms with Gasteiger partial charge in [-0.2, -0.15) is 0 Å². The fourth-order valence-corrected chi connectivity index (χ4v) is 2.23. The first-order valence-electron chi connectivity index (χ1n) is 7.28. The van der Waals surface area contributed by atoms with Gasteiger partial charge in [0.2, 0.25) is 12.3 Å². The molecule has 132 valence electrons. The molecule has 0 bridgehead atoms. The summed E-state index contributed by atoms with van der Waals surface area (Å²) >= 11 is 0. The van der Waals surface area contributed by atoms with E-state index in [1.165, 1.54) is 6.33 Å². The Hall–Kier alpha value is -3.50. The first kappa shape index (κ1) is 17.8. The summed E-state index contributed by atoms with van der Waals surface area (Å²) in [6.45, 7) is 1.74. The normalized spacial score (nSPS) is 13.6. The molecule has 0 aliphatic carbocycles. The van der Waals surface area contributed by atoms with Crippen LogP contribution < -0.4 is 22.1 Å². The molecule has 25 heavy (non-hydrogen) atoms. The summed E-state index contributed by atoms with van der Waals surface area (Å²) in [5.41, 5.74) is 10.5. The van der Waals surface area contributed by atoms with E-state index in [0.717, 1.165) is 0 Å². The highest BCUT2D eigenvalue weighted by Crippen LogP contribution is 2.23. The minimum absolute atomic E-state index is 0.122. The van der Waals surface area contributed by atoms with Crippen LogP contribution in [0.3, 0.4) is 0 Å². The Balaban J connectivity index is 0.000000701. The molecule has 1 aliphatic rings. The lowest BCUT2D eigenvalue weighted by molar-refractivity contribution is -0.116. The number of primary amides is 1. The maximum Gasteiger partial charge on any atom is 0.270 e. The van der Waals surface area contributed by atoms with E-state index >= 15 is 0 Å². The number of hydrogen-bond acceptors (Lipinski definition) is 8. The van der Waals surface area contributed by atoms with Gasteiger partial charge in [-0.1, -0.05) is 5.16 Å². The Bertz CT molecular complexity index is 789. The Morgan fingerprint density at radius 1 is 1.44 bits per heavy atom. The minimum Gasteiger partial charge on any atom is -0.381 e. The number of rotatable bonds is 3. The lowest BCUT2D eigenvalue weighted by Crippen LogP contribution is -2.30. The van der Waals surface area contributed by atoms with Crippen molar-refractivity contribution in [2.24, 2.45) is 5.73 Å². The van der Waals surface area contributed by atoms with Crippen LogP contribution in [0.25, 0.3) is 0 Å². The fraction of sp³-hybridized carbons (Fsp3) is 0.286. The van der Waals surface area contributed by atoms with Gasteiger partial charge in [-0.05, 0) is 13.3 Å². The van der Waals surface area contributed by atoms with Crippen molar-refractivity contribution < 1.29 is 18.9 Å². The van der Waals surface area contributed by atoms with Gasteiger partial charge in [-0.3, -0.25) is 14.4 Å². The predicted octanol–water partition coefficient (Wildman–Crippen LogP) is -0.476. The van der Waals surface area contributed by atoms with Gasteiger partial charge in [-0.25, -0.2) is 9.97 Å². The van der Waals surface area contributed by atoms with Crippen molar-refractivity contribution in [1.29, 1.82) is 0 Å². The zero-order chi connectivity index (χ0) is 18.4. The van der Waals surface area contributed by atoms with Crippen LogP contribution in [0.4, 0.5) is 11.6 Å². The molecule has 11 nitrogen and oxygen atoms in total. The van der Waals surface area contributed by atoms with Crippen LogP contribution in [0.2, 0.25) is 0 Å². The first-order chi connectivity index (χ1) is 12.0. The van der Waals surface area contributed by atoms with Crippen LogP contribution in [0, 0.1) is 0 Å². The van der Waals surface area contributed by atoms with Crippen molar-refractivity contribution in [3.8, 4) is 0 Å². The van der Waals surface area contributed by atoms with E-state index in [1.807, 2.05) is 0 Å². The van der Waals surface area contributed by atoms with Gasteiger partial charge in [0.05, 0.1) is 6.04 Å². The predicted molar refractivity (Wildman–Crippen MR) is 86.0 cm³/mol. The van der Waals surface area contributed by atoms with Crippen LogP contribution in [0.1, 0.15) is 41.2 Å². The number of nitrogens with two attached hydrogens (primary N) is 2. The van der Waals surface area contributed by atoms with Crippen LogP contribution in [-0.4, -0.2) is 33.3 Å². The average molecular weight is 347 g/mol. The van der Waals surface area contributed by atoms with Gasteiger partial charge < -0.3 is 26.6 Å². The second-order valence-corrected chi connectivity index (χ2v) is 5.08. The third kappa shape index (κ3) is 4.28. The molecule has 6 N–H and O–H groups in total. The molecule has 1 unspecified atom stereocenters. The van der Waals surface area contributed by atoms with Gasteiger partial charge in [0, 0.05) is 18.1 Å². The SMILES string of the molecule is CC(NC(=O)c1ncnc2c1CCC(=O)N2)c1cc(N)no1.NC=O. The van der Waals surface area contributed by atoms with Crippen LogP contribution in [-0.2, 0) is 16.0 Å². The summed E-state index contributed by atoms with van der Waals surface area (Å²) in [7, 11) is 0. The van der Waals surface area contributed by atoms with Crippen molar-refractivity contribution in [2.45, 2.75) is 25.8 Å². The third-order valence-corrected chi connectivity index (χ3v) is 3.34. The molecule has 1 atom stereocenters. The van der Waals surface area contributed by atoms with E-state index in [2.05, 4.69) is 31.5 Å². The lowest BCUT2D eigenvalue weighted by Gasteiger charge is -2.18. The lowest BCUT2D eigenvalue weighted by atomic mass is 10.0. The van der Waals surface area contributed by atoms with E-state index < -0.39 is 6.04 Å². The first-order valence-corrected chi connectivity index (χ1v) is 7.28. The van der Waals surface area contributed by atoms with Crippen LogP contribution in [0.5, 0.6) is 0 Å². The molecule has 2 aromatic heterocycles. The quantitative estimate of drug-likeness (QED) is 0.537. The van der Waals surface area contributed by atoms with Crippen LogP contribution in [0.15, 0.2) is 16.9 Å². The summed E-state index contributed by atoms with van der Waals surface area (Å²) in [5.74, 6) is 0.577. The van der Waals surface area contributed by atoms with Gasteiger partial charge >= 0.3 is 0 Å². The number of carbonyl (C=O) groups excluding carboxylic acids is 3. The molecule has 3 amide bonds. The minimum atomic E-state index is -0.416. The molecular formula is C14H17N7O4. The Morgan fingerprint density at radius 3 is 2.80 bits per heavy atom. The smallest absolute Gasteiger partial charge is 0.270 e.